The largest absolute Gasteiger partial charge is 0.486 e. The van der Waals surface area contributed by atoms with E-state index in [-0.39, 0.29) is 5.91 Å². The number of benzene rings is 1. The molecule has 0 aliphatic carbocycles. The van der Waals surface area contributed by atoms with E-state index in [0.29, 0.717) is 56.3 Å². The summed E-state index contributed by atoms with van der Waals surface area (Å²) in [5.74, 6) is 1.25. The molecule has 2 aliphatic heterocycles. The molecule has 1 aromatic carbocycles. The van der Waals surface area contributed by atoms with Gasteiger partial charge in [-0.3, -0.25) is 4.79 Å². The van der Waals surface area contributed by atoms with Gasteiger partial charge in [-0.15, -0.1) is 0 Å². The molecule has 1 aromatic rings. The summed E-state index contributed by atoms with van der Waals surface area (Å²) in [6, 6.07) is 3.61. The van der Waals surface area contributed by atoms with E-state index in [4.69, 9.17) is 9.47 Å². The molecular formula is C17H24N2O4. The molecule has 1 fully saturated rings. The fraction of sp³-hybridized carbons (Fsp3) is 0.588. The Bertz CT molecular complexity index is 617. The van der Waals surface area contributed by atoms with Crippen LogP contribution in [0.25, 0.3) is 0 Å². The molecule has 0 saturated carbocycles. The highest BCUT2D eigenvalue weighted by atomic mass is 16.6. The molecule has 3 rings (SSSR count). The lowest BCUT2D eigenvalue weighted by Crippen LogP contribution is -2.43. The highest BCUT2D eigenvalue weighted by molar-refractivity contribution is 5.96. The van der Waals surface area contributed by atoms with Gasteiger partial charge in [-0.05, 0) is 45.1 Å². The minimum atomic E-state index is -0.832. The molecule has 1 unspecified atom stereocenters. The van der Waals surface area contributed by atoms with Crippen LogP contribution in [0.3, 0.4) is 0 Å². The summed E-state index contributed by atoms with van der Waals surface area (Å²) in [6.45, 7) is 4.40. The van der Waals surface area contributed by atoms with Crippen molar-refractivity contribution in [3.05, 3.63) is 23.3 Å². The number of aliphatic hydroxyl groups is 1. The van der Waals surface area contributed by atoms with Crippen molar-refractivity contribution in [2.24, 2.45) is 0 Å². The highest BCUT2D eigenvalue weighted by Crippen LogP contribution is 2.34. The smallest absolute Gasteiger partial charge is 0.254 e. The van der Waals surface area contributed by atoms with Crippen LogP contribution in [0.15, 0.2) is 12.1 Å². The number of likely N-dealkylation sites (N-methyl/N-ethyl adjacent to an activating group) is 1. The molecule has 1 amide bonds. The molecular weight excluding hydrogens is 296 g/mol. The molecule has 0 radical (unpaired) electrons. The van der Waals surface area contributed by atoms with Crippen molar-refractivity contribution in [3.8, 4) is 11.5 Å². The number of rotatable bonds is 3. The van der Waals surface area contributed by atoms with Crippen molar-refractivity contribution in [3.63, 3.8) is 0 Å². The van der Waals surface area contributed by atoms with Gasteiger partial charge in [0.25, 0.3) is 5.91 Å². The first-order valence-corrected chi connectivity index (χ1v) is 7.95. The molecule has 0 aromatic heterocycles. The molecule has 1 atom stereocenters. The van der Waals surface area contributed by atoms with Gasteiger partial charge in [-0.2, -0.15) is 0 Å². The lowest BCUT2D eigenvalue weighted by Gasteiger charge is -2.27. The average Bonchev–Trinajstić information content (AvgIpc) is 2.87. The van der Waals surface area contributed by atoms with Gasteiger partial charge < -0.3 is 24.4 Å². The summed E-state index contributed by atoms with van der Waals surface area (Å²) in [6.07, 6.45) is 0.598. The molecule has 6 nitrogen and oxygen atoms in total. The first-order valence-electron chi connectivity index (χ1n) is 7.95. The second kappa shape index (κ2) is 6.02. The summed E-state index contributed by atoms with van der Waals surface area (Å²) in [5.41, 5.74) is 0.645. The Morgan fingerprint density at radius 2 is 1.96 bits per heavy atom. The number of amides is 1. The summed E-state index contributed by atoms with van der Waals surface area (Å²) in [7, 11) is 3.85. The fourth-order valence-electron chi connectivity index (χ4n) is 3.34. The van der Waals surface area contributed by atoms with Crippen LogP contribution < -0.4 is 9.47 Å². The zero-order valence-corrected chi connectivity index (χ0v) is 14.0. The van der Waals surface area contributed by atoms with Gasteiger partial charge in [0.1, 0.15) is 13.2 Å². The Morgan fingerprint density at radius 3 is 2.61 bits per heavy atom. The number of fused-ring (bicyclic) bond motifs is 1. The van der Waals surface area contributed by atoms with Gasteiger partial charge >= 0.3 is 0 Å². The fourth-order valence-corrected chi connectivity index (χ4v) is 3.34. The zero-order valence-electron chi connectivity index (χ0n) is 14.0. The van der Waals surface area contributed by atoms with Crippen LogP contribution in [0.5, 0.6) is 11.5 Å². The maximum atomic E-state index is 12.8. The Balaban J connectivity index is 1.79. The lowest BCUT2D eigenvalue weighted by molar-refractivity contribution is 0.0236. The van der Waals surface area contributed by atoms with E-state index in [0.717, 1.165) is 5.56 Å². The number of hydrogen-bond donors (Lipinski definition) is 1. The van der Waals surface area contributed by atoms with E-state index >= 15 is 0 Å². The highest BCUT2D eigenvalue weighted by Gasteiger charge is 2.39. The summed E-state index contributed by atoms with van der Waals surface area (Å²) < 4.78 is 11.1. The molecule has 2 heterocycles. The molecule has 23 heavy (non-hydrogen) atoms. The number of nitrogens with zero attached hydrogens (tertiary/aromatic N) is 2. The Kier molecular flexibility index (Phi) is 4.21. The average molecular weight is 320 g/mol. The quantitative estimate of drug-likeness (QED) is 0.897. The third-order valence-electron chi connectivity index (χ3n) is 4.35. The van der Waals surface area contributed by atoms with Gasteiger partial charge in [0.2, 0.25) is 0 Å². The predicted octanol–water partition coefficient (Wildman–Crippen LogP) is 0.905. The van der Waals surface area contributed by atoms with E-state index < -0.39 is 5.60 Å². The molecule has 126 valence electrons. The topological polar surface area (TPSA) is 62.2 Å². The second-order valence-electron chi connectivity index (χ2n) is 6.75. The van der Waals surface area contributed by atoms with Gasteiger partial charge in [0, 0.05) is 18.7 Å². The van der Waals surface area contributed by atoms with Gasteiger partial charge in [0.15, 0.2) is 11.5 Å². The van der Waals surface area contributed by atoms with Crippen LogP contribution in [0.1, 0.15) is 22.3 Å². The third-order valence-corrected chi connectivity index (χ3v) is 4.35. The van der Waals surface area contributed by atoms with Crippen LogP contribution in [-0.4, -0.2) is 73.4 Å². The van der Waals surface area contributed by atoms with Crippen molar-refractivity contribution in [1.29, 1.82) is 0 Å². The maximum absolute atomic E-state index is 12.8. The first-order chi connectivity index (χ1) is 10.9. The zero-order chi connectivity index (χ0) is 16.6. The number of ether oxygens (including phenoxy) is 2. The number of hydrogen-bond acceptors (Lipinski definition) is 5. The van der Waals surface area contributed by atoms with Crippen molar-refractivity contribution in [2.75, 3.05) is 46.9 Å². The first kappa shape index (κ1) is 16.1. The Hall–Kier alpha value is -1.79. The Labute approximate surface area is 136 Å². The molecule has 1 saturated heterocycles. The number of carbonyl (C=O) groups is 1. The van der Waals surface area contributed by atoms with Crippen LogP contribution in [0, 0.1) is 6.92 Å². The monoisotopic (exact) mass is 320 g/mol. The van der Waals surface area contributed by atoms with Crippen molar-refractivity contribution >= 4 is 5.91 Å². The molecule has 1 N–H and O–H groups in total. The summed E-state index contributed by atoms with van der Waals surface area (Å²) in [4.78, 5) is 16.5. The van der Waals surface area contributed by atoms with E-state index in [1.54, 1.807) is 11.0 Å². The van der Waals surface area contributed by atoms with E-state index in [2.05, 4.69) is 0 Å². The van der Waals surface area contributed by atoms with Gasteiger partial charge in [-0.1, -0.05) is 0 Å². The minimum Gasteiger partial charge on any atom is -0.486 e. The lowest BCUT2D eigenvalue weighted by atomic mass is 10.0. The van der Waals surface area contributed by atoms with E-state index in [9.17, 15) is 9.90 Å². The van der Waals surface area contributed by atoms with Crippen LogP contribution in [-0.2, 0) is 0 Å². The maximum Gasteiger partial charge on any atom is 0.254 e. The van der Waals surface area contributed by atoms with Crippen molar-refractivity contribution in [1.82, 2.24) is 9.80 Å². The van der Waals surface area contributed by atoms with Crippen molar-refractivity contribution in [2.45, 2.75) is 18.9 Å². The van der Waals surface area contributed by atoms with Crippen LogP contribution in [0.4, 0.5) is 0 Å². The molecule has 0 spiro atoms. The molecule has 0 bridgehead atoms. The molecule has 6 heteroatoms. The number of aryl methyl sites for hydroxylation is 1. The Morgan fingerprint density at radius 1 is 1.30 bits per heavy atom. The van der Waals surface area contributed by atoms with Crippen LogP contribution >= 0.6 is 0 Å². The predicted molar refractivity (Wildman–Crippen MR) is 86.2 cm³/mol. The summed E-state index contributed by atoms with van der Waals surface area (Å²) in [5, 5.41) is 10.6. The number of β-amino-alcohol motifs (C(OH)–C–C–N with tert-alkyl or cyclic N) is 1. The van der Waals surface area contributed by atoms with Gasteiger partial charge in [0.05, 0.1) is 12.1 Å². The van der Waals surface area contributed by atoms with Gasteiger partial charge in [-0.25, -0.2) is 0 Å². The standard InChI is InChI=1S/C17H24N2O4/c1-12-8-14-15(23-7-6-22-14)9-13(12)16(20)19-5-4-17(21,11-19)10-18(2)3/h8-9,21H,4-7,10-11H2,1-3H3. The third kappa shape index (κ3) is 3.28. The minimum absolute atomic E-state index is 0.0610. The normalized spacial score (nSPS) is 23.4. The summed E-state index contributed by atoms with van der Waals surface area (Å²) >= 11 is 0. The van der Waals surface area contributed by atoms with Crippen molar-refractivity contribution < 1.29 is 19.4 Å². The van der Waals surface area contributed by atoms with E-state index in [1.807, 2.05) is 32.0 Å². The van der Waals surface area contributed by atoms with E-state index in [1.165, 1.54) is 0 Å². The second-order valence-corrected chi connectivity index (χ2v) is 6.75. The molecule has 2 aliphatic rings. The van der Waals surface area contributed by atoms with Crippen LogP contribution in [0.2, 0.25) is 0 Å². The number of likely N-dealkylation sites (tertiary alicyclic amines) is 1. The number of carbonyl (C=O) groups excluding carboxylic acids is 1. The SMILES string of the molecule is Cc1cc2c(cc1C(=O)N1CCC(O)(CN(C)C)C1)OCCO2.